The predicted molar refractivity (Wildman–Crippen MR) is 123 cm³/mol. The van der Waals surface area contributed by atoms with Gasteiger partial charge in [0.15, 0.2) is 11.5 Å². The van der Waals surface area contributed by atoms with Gasteiger partial charge in [0, 0.05) is 53.2 Å². The van der Waals surface area contributed by atoms with Crippen molar-refractivity contribution in [3.63, 3.8) is 0 Å². The van der Waals surface area contributed by atoms with Gasteiger partial charge in [-0.15, -0.1) is 11.3 Å². The van der Waals surface area contributed by atoms with Crippen molar-refractivity contribution in [2.24, 2.45) is 0 Å². The Kier molecular flexibility index (Phi) is 6.11. The van der Waals surface area contributed by atoms with Crippen LogP contribution in [-0.4, -0.2) is 39.4 Å². The molecule has 29 heavy (non-hydrogen) atoms. The summed E-state index contributed by atoms with van der Waals surface area (Å²) < 4.78 is 12.9. The van der Waals surface area contributed by atoms with Crippen molar-refractivity contribution >= 4 is 32.8 Å². The SMILES string of the molecule is COc1cc(N)cc(C)c1OCCCC1CNCCN1c1cccc2sccc12. The van der Waals surface area contributed by atoms with Gasteiger partial charge in [-0.3, -0.25) is 0 Å². The molecular weight excluding hydrogens is 382 g/mol. The lowest BCUT2D eigenvalue weighted by Gasteiger charge is -2.38. The Labute approximate surface area is 176 Å². The summed E-state index contributed by atoms with van der Waals surface area (Å²) in [4.78, 5) is 2.57. The van der Waals surface area contributed by atoms with Gasteiger partial charge in [0.2, 0.25) is 0 Å². The molecule has 0 amide bonds. The normalized spacial score (nSPS) is 16.9. The van der Waals surface area contributed by atoms with E-state index in [1.54, 1.807) is 7.11 Å². The summed E-state index contributed by atoms with van der Waals surface area (Å²) >= 11 is 1.81. The Hall–Kier alpha value is -2.44. The van der Waals surface area contributed by atoms with Gasteiger partial charge in [-0.25, -0.2) is 0 Å². The van der Waals surface area contributed by atoms with E-state index in [0.717, 1.165) is 43.8 Å². The van der Waals surface area contributed by atoms with Crippen LogP contribution in [0.3, 0.4) is 0 Å². The van der Waals surface area contributed by atoms with Crippen LogP contribution >= 0.6 is 11.3 Å². The molecule has 1 atom stereocenters. The van der Waals surface area contributed by atoms with E-state index in [9.17, 15) is 0 Å². The van der Waals surface area contributed by atoms with E-state index < -0.39 is 0 Å². The summed E-state index contributed by atoms with van der Waals surface area (Å²) in [5, 5.41) is 7.10. The van der Waals surface area contributed by atoms with Crippen molar-refractivity contribution in [3.05, 3.63) is 47.3 Å². The number of aryl methyl sites for hydroxylation is 1. The predicted octanol–water partition coefficient (Wildman–Crippen LogP) is 4.44. The van der Waals surface area contributed by atoms with Crippen molar-refractivity contribution in [3.8, 4) is 11.5 Å². The monoisotopic (exact) mass is 411 g/mol. The molecular formula is C23H29N3O2S. The molecule has 0 bridgehead atoms. The number of benzene rings is 2. The topological polar surface area (TPSA) is 59.8 Å². The number of hydrogen-bond donors (Lipinski definition) is 2. The highest BCUT2D eigenvalue weighted by molar-refractivity contribution is 7.17. The van der Waals surface area contributed by atoms with Crippen LogP contribution in [0.1, 0.15) is 18.4 Å². The zero-order valence-electron chi connectivity index (χ0n) is 17.1. The first kappa shape index (κ1) is 19.9. The van der Waals surface area contributed by atoms with Gasteiger partial charge < -0.3 is 25.4 Å². The first-order valence-electron chi connectivity index (χ1n) is 10.2. The van der Waals surface area contributed by atoms with Gasteiger partial charge in [0.1, 0.15) is 0 Å². The third kappa shape index (κ3) is 4.28. The second kappa shape index (κ2) is 8.93. The van der Waals surface area contributed by atoms with Crippen molar-refractivity contribution < 1.29 is 9.47 Å². The number of anilines is 2. The molecule has 1 aliphatic rings. The highest BCUT2D eigenvalue weighted by Gasteiger charge is 2.23. The van der Waals surface area contributed by atoms with Crippen LogP contribution in [0.5, 0.6) is 11.5 Å². The van der Waals surface area contributed by atoms with E-state index in [-0.39, 0.29) is 0 Å². The minimum absolute atomic E-state index is 0.465. The summed E-state index contributed by atoms with van der Waals surface area (Å²) in [5.74, 6) is 1.50. The number of ether oxygens (including phenoxy) is 2. The summed E-state index contributed by atoms with van der Waals surface area (Å²) in [6.45, 7) is 5.72. The second-order valence-electron chi connectivity index (χ2n) is 7.52. The van der Waals surface area contributed by atoms with Gasteiger partial charge in [-0.1, -0.05) is 6.07 Å². The summed E-state index contributed by atoms with van der Waals surface area (Å²) in [6.07, 6.45) is 2.05. The van der Waals surface area contributed by atoms with Crippen molar-refractivity contribution in [1.29, 1.82) is 0 Å². The smallest absolute Gasteiger partial charge is 0.164 e. The number of hydrogen-bond acceptors (Lipinski definition) is 6. The van der Waals surface area contributed by atoms with Crippen LogP contribution in [0.2, 0.25) is 0 Å². The van der Waals surface area contributed by atoms with Crippen LogP contribution in [0, 0.1) is 6.92 Å². The molecule has 6 heteroatoms. The molecule has 3 aromatic rings. The lowest BCUT2D eigenvalue weighted by atomic mass is 10.1. The van der Waals surface area contributed by atoms with Crippen LogP contribution in [0.4, 0.5) is 11.4 Å². The standard InChI is InChI=1S/C23H29N3O2S/c1-16-13-17(24)14-21(27-2)23(16)28-11-4-5-18-15-25-9-10-26(18)20-6-3-7-22-19(20)8-12-29-22/h3,6-8,12-14,18,25H,4-5,9-11,15,24H2,1-2H3. The third-order valence-corrected chi connectivity index (χ3v) is 6.43. The molecule has 1 aromatic heterocycles. The number of rotatable bonds is 7. The number of nitrogen functional groups attached to an aromatic ring is 1. The van der Waals surface area contributed by atoms with Gasteiger partial charge in [0.25, 0.3) is 0 Å². The Bertz CT molecular complexity index is 972. The lowest BCUT2D eigenvalue weighted by Crippen LogP contribution is -2.51. The molecule has 154 valence electrons. The van der Waals surface area contributed by atoms with Gasteiger partial charge in [-0.05, 0) is 55.0 Å². The third-order valence-electron chi connectivity index (χ3n) is 5.54. The number of nitrogens with one attached hydrogen (secondary N) is 1. The maximum Gasteiger partial charge on any atom is 0.164 e. The number of thiophene rings is 1. The number of nitrogens with zero attached hydrogens (tertiary/aromatic N) is 1. The van der Waals surface area contributed by atoms with E-state index >= 15 is 0 Å². The molecule has 1 saturated heterocycles. The largest absolute Gasteiger partial charge is 0.493 e. The van der Waals surface area contributed by atoms with E-state index in [0.29, 0.717) is 24.1 Å². The van der Waals surface area contributed by atoms with Gasteiger partial charge in [-0.2, -0.15) is 0 Å². The van der Waals surface area contributed by atoms with Gasteiger partial charge in [0.05, 0.1) is 13.7 Å². The highest BCUT2D eigenvalue weighted by atomic mass is 32.1. The van der Waals surface area contributed by atoms with Gasteiger partial charge >= 0.3 is 0 Å². The van der Waals surface area contributed by atoms with Crippen molar-refractivity contribution in [2.45, 2.75) is 25.8 Å². The minimum atomic E-state index is 0.465. The lowest BCUT2D eigenvalue weighted by molar-refractivity contribution is 0.277. The van der Waals surface area contributed by atoms with E-state index in [2.05, 4.69) is 39.9 Å². The maximum atomic E-state index is 6.09. The molecule has 1 unspecified atom stereocenters. The first-order valence-corrected chi connectivity index (χ1v) is 11.1. The fourth-order valence-corrected chi connectivity index (χ4v) is 4.97. The molecule has 1 aliphatic heterocycles. The average Bonchev–Trinajstić information content (AvgIpc) is 3.21. The molecule has 0 aliphatic carbocycles. The molecule has 1 fully saturated rings. The Morgan fingerprint density at radius 2 is 2.17 bits per heavy atom. The quantitative estimate of drug-likeness (QED) is 0.445. The highest BCUT2D eigenvalue weighted by Crippen LogP contribution is 2.34. The molecule has 0 radical (unpaired) electrons. The summed E-state index contributed by atoms with van der Waals surface area (Å²) in [7, 11) is 1.65. The zero-order chi connectivity index (χ0) is 20.2. The van der Waals surface area contributed by atoms with Crippen molar-refractivity contribution in [1.82, 2.24) is 5.32 Å². The van der Waals surface area contributed by atoms with Crippen LogP contribution in [0.25, 0.3) is 10.1 Å². The zero-order valence-corrected chi connectivity index (χ0v) is 17.9. The second-order valence-corrected chi connectivity index (χ2v) is 8.47. The van der Waals surface area contributed by atoms with Crippen LogP contribution < -0.4 is 25.4 Å². The number of methoxy groups -OCH3 is 1. The molecule has 0 spiro atoms. The minimum Gasteiger partial charge on any atom is -0.493 e. The maximum absolute atomic E-state index is 6.09. The number of fused-ring (bicyclic) bond motifs is 1. The summed E-state index contributed by atoms with van der Waals surface area (Å²) in [6, 6.07) is 13.1. The van der Waals surface area contributed by atoms with Crippen molar-refractivity contribution in [2.75, 3.05) is 44.0 Å². The van der Waals surface area contributed by atoms with E-state index in [4.69, 9.17) is 15.2 Å². The number of nitrogens with two attached hydrogens (primary N) is 1. The fraction of sp³-hybridized carbons (Fsp3) is 0.391. The molecule has 2 heterocycles. The Morgan fingerprint density at radius 1 is 1.28 bits per heavy atom. The van der Waals surface area contributed by atoms with E-state index in [1.165, 1.54) is 15.8 Å². The van der Waals surface area contributed by atoms with Crippen LogP contribution in [0.15, 0.2) is 41.8 Å². The molecule has 5 nitrogen and oxygen atoms in total. The van der Waals surface area contributed by atoms with Crippen LogP contribution in [-0.2, 0) is 0 Å². The summed E-state index contributed by atoms with van der Waals surface area (Å²) in [5.41, 5.74) is 8.96. The molecule has 0 saturated carbocycles. The first-order chi connectivity index (χ1) is 14.2. The molecule has 4 rings (SSSR count). The average molecular weight is 412 g/mol. The Morgan fingerprint density at radius 3 is 3.03 bits per heavy atom. The molecule has 3 N–H and O–H groups in total. The molecule has 2 aromatic carbocycles. The van der Waals surface area contributed by atoms with E-state index in [1.807, 2.05) is 30.4 Å². The number of piperazine rings is 1. The fourth-order valence-electron chi connectivity index (χ4n) is 4.16. The Balaban J connectivity index is 1.41.